The van der Waals surface area contributed by atoms with Gasteiger partial charge in [-0.1, -0.05) is 52.7 Å². The Balaban J connectivity index is -0.000000101. The van der Waals surface area contributed by atoms with E-state index in [0.29, 0.717) is 0 Å². The first-order chi connectivity index (χ1) is 5.74. The minimum Gasteiger partial charge on any atom is -0.103 e. The fraction of sp³-hybridized carbons (Fsp3) is 0.667. The number of allylic oxidation sites excluding steroid dienone is 2. The molecule has 0 unspecified atom stereocenters. The lowest BCUT2D eigenvalue weighted by Gasteiger charge is -1.68. The second kappa shape index (κ2) is 31.4. The summed E-state index contributed by atoms with van der Waals surface area (Å²) in [4.78, 5) is 0. The van der Waals surface area contributed by atoms with Gasteiger partial charge in [0.2, 0.25) is 0 Å². The first kappa shape index (κ1) is 17.5. The molecule has 0 aromatic rings. The molecular weight excluding hydrogens is 144 g/mol. The van der Waals surface area contributed by atoms with Gasteiger partial charge in [0.15, 0.2) is 0 Å². The van der Waals surface area contributed by atoms with Crippen molar-refractivity contribution in [1.82, 2.24) is 0 Å². The third-order valence-corrected chi connectivity index (χ3v) is 1.08. The van der Waals surface area contributed by atoms with Crippen LogP contribution in [0.2, 0.25) is 0 Å². The molecule has 0 bridgehead atoms. The largest absolute Gasteiger partial charge is 0.103 e. The molecule has 0 amide bonds. The van der Waals surface area contributed by atoms with Gasteiger partial charge in [-0.05, 0) is 12.8 Å². The summed E-state index contributed by atoms with van der Waals surface area (Å²) in [5.41, 5.74) is 0. The Morgan fingerprint density at radius 2 is 0.917 bits per heavy atom. The lowest BCUT2D eigenvalue weighted by atomic mass is 10.4. The van der Waals surface area contributed by atoms with E-state index >= 15 is 0 Å². The second-order valence-corrected chi connectivity index (χ2v) is 2.39. The molecule has 0 aliphatic rings. The summed E-state index contributed by atoms with van der Waals surface area (Å²) >= 11 is 0. The average molecular weight is 170 g/mol. The summed E-state index contributed by atoms with van der Waals surface area (Å²) in [5, 5.41) is 0. The smallest absolute Gasteiger partial charge is 0.0382 e. The van der Waals surface area contributed by atoms with E-state index in [2.05, 4.69) is 40.9 Å². The van der Waals surface area contributed by atoms with Crippen LogP contribution in [0.4, 0.5) is 0 Å². The molecule has 0 nitrogen and oxygen atoms in total. The highest BCUT2D eigenvalue weighted by atomic mass is 13.6. The topological polar surface area (TPSA) is 0 Å². The van der Waals surface area contributed by atoms with Crippen LogP contribution in [0.3, 0.4) is 0 Å². The molecule has 0 aromatic carbocycles. The van der Waals surface area contributed by atoms with E-state index in [4.69, 9.17) is 0 Å². The van der Waals surface area contributed by atoms with Gasteiger partial charge in [0.05, 0.1) is 0 Å². The SMILES string of the molecule is C=CCC.C=CCC.CCCC. The molecule has 74 valence electrons. The van der Waals surface area contributed by atoms with Crippen molar-refractivity contribution < 1.29 is 0 Å². The summed E-state index contributed by atoms with van der Waals surface area (Å²) in [6.45, 7) is 15.4. The quantitative estimate of drug-likeness (QED) is 0.524. The van der Waals surface area contributed by atoms with Gasteiger partial charge in [-0.2, -0.15) is 0 Å². The fourth-order valence-corrected chi connectivity index (χ4v) is 0. The Kier molecular flexibility index (Phi) is 45.8. The van der Waals surface area contributed by atoms with Gasteiger partial charge in [-0.3, -0.25) is 0 Å². The molecule has 0 aliphatic heterocycles. The maximum Gasteiger partial charge on any atom is -0.0382 e. The summed E-state index contributed by atoms with van der Waals surface area (Å²) in [6.07, 6.45) is 8.56. The molecule has 0 saturated heterocycles. The van der Waals surface area contributed by atoms with Crippen LogP contribution in [-0.4, -0.2) is 0 Å². The summed E-state index contributed by atoms with van der Waals surface area (Å²) < 4.78 is 0. The molecule has 0 fully saturated rings. The van der Waals surface area contributed by atoms with E-state index in [1.165, 1.54) is 12.8 Å². The Bertz CT molecular complexity index is 52.4. The molecule has 0 N–H and O–H groups in total. The molecule has 0 aromatic heterocycles. The van der Waals surface area contributed by atoms with E-state index < -0.39 is 0 Å². The standard InChI is InChI=1S/C4H10.2C4H8/c3*1-3-4-2/h3-4H2,1-2H3;2*3H,1,4H2,2H3. The molecule has 0 atom stereocenters. The number of hydrogen-bond acceptors (Lipinski definition) is 0. The monoisotopic (exact) mass is 170 g/mol. The molecule has 0 saturated carbocycles. The van der Waals surface area contributed by atoms with Crippen molar-refractivity contribution in [1.29, 1.82) is 0 Å². The van der Waals surface area contributed by atoms with Crippen LogP contribution >= 0.6 is 0 Å². The maximum atomic E-state index is 3.48. The number of unbranched alkanes of at least 4 members (excludes halogenated alkanes) is 1. The van der Waals surface area contributed by atoms with Gasteiger partial charge in [0, 0.05) is 0 Å². The predicted octanol–water partition coefficient (Wildman–Crippen LogP) is 4.97. The predicted molar refractivity (Wildman–Crippen MR) is 61.6 cm³/mol. The van der Waals surface area contributed by atoms with Crippen LogP contribution in [0.5, 0.6) is 0 Å². The molecular formula is C12H26. The molecule has 0 spiro atoms. The van der Waals surface area contributed by atoms with E-state index in [9.17, 15) is 0 Å². The summed E-state index contributed by atoms with van der Waals surface area (Å²) in [5.74, 6) is 0. The van der Waals surface area contributed by atoms with Crippen molar-refractivity contribution in [2.24, 2.45) is 0 Å². The van der Waals surface area contributed by atoms with Gasteiger partial charge in [0.25, 0.3) is 0 Å². The van der Waals surface area contributed by atoms with Crippen LogP contribution in [-0.2, 0) is 0 Å². The second-order valence-electron chi connectivity index (χ2n) is 2.39. The highest BCUT2D eigenvalue weighted by molar-refractivity contribution is 4.60. The molecule has 0 heteroatoms. The van der Waals surface area contributed by atoms with Gasteiger partial charge in [-0.15, -0.1) is 13.2 Å². The molecule has 0 rings (SSSR count). The van der Waals surface area contributed by atoms with E-state index in [-0.39, 0.29) is 0 Å². The van der Waals surface area contributed by atoms with Crippen LogP contribution in [0.25, 0.3) is 0 Å². The maximum absolute atomic E-state index is 3.48. The molecule has 0 radical (unpaired) electrons. The lowest BCUT2D eigenvalue weighted by Crippen LogP contribution is -1.47. The number of rotatable bonds is 3. The summed E-state index contributed by atoms with van der Waals surface area (Å²) in [6, 6.07) is 0. The highest BCUT2D eigenvalue weighted by Crippen LogP contribution is 1.76. The fourth-order valence-electron chi connectivity index (χ4n) is 0. The van der Waals surface area contributed by atoms with Crippen molar-refractivity contribution in [3.8, 4) is 0 Å². The average Bonchev–Trinajstić information content (AvgIpc) is 2.18. The zero-order valence-corrected chi connectivity index (χ0v) is 9.40. The van der Waals surface area contributed by atoms with Crippen LogP contribution in [0.1, 0.15) is 53.4 Å². The van der Waals surface area contributed by atoms with Crippen molar-refractivity contribution in [3.63, 3.8) is 0 Å². The summed E-state index contributed by atoms with van der Waals surface area (Å²) in [7, 11) is 0. The Morgan fingerprint density at radius 1 is 0.750 bits per heavy atom. The third-order valence-electron chi connectivity index (χ3n) is 1.08. The van der Waals surface area contributed by atoms with Gasteiger partial charge < -0.3 is 0 Å². The van der Waals surface area contributed by atoms with Crippen molar-refractivity contribution in [3.05, 3.63) is 25.3 Å². The first-order valence-corrected chi connectivity index (χ1v) is 4.96. The third kappa shape index (κ3) is 111. The zero-order chi connectivity index (χ0) is 10.2. The van der Waals surface area contributed by atoms with Crippen molar-refractivity contribution >= 4 is 0 Å². The molecule has 12 heavy (non-hydrogen) atoms. The van der Waals surface area contributed by atoms with Crippen LogP contribution in [0.15, 0.2) is 25.3 Å². The highest BCUT2D eigenvalue weighted by Gasteiger charge is 1.56. The van der Waals surface area contributed by atoms with E-state index in [1.54, 1.807) is 0 Å². The Hall–Kier alpha value is -0.520. The minimum absolute atomic E-state index is 1.08. The normalized spacial score (nSPS) is 6.67. The minimum atomic E-state index is 1.08. The Labute approximate surface area is 79.4 Å². The van der Waals surface area contributed by atoms with Crippen LogP contribution in [0, 0.1) is 0 Å². The van der Waals surface area contributed by atoms with Crippen molar-refractivity contribution in [2.45, 2.75) is 53.4 Å². The van der Waals surface area contributed by atoms with Crippen LogP contribution < -0.4 is 0 Å². The van der Waals surface area contributed by atoms with Gasteiger partial charge in [0.1, 0.15) is 0 Å². The molecule has 0 aliphatic carbocycles. The Morgan fingerprint density at radius 3 is 0.917 bits per heavy atom. The van der Waals surface area contributed by atoms with Gasteiger partial charge in [-0.25, -0.2) is 0 Å². The number of hydrogen-bond donors (Lipinski definition) is 0. The molecule has 0 heterocycles. The van der Waals surface area contributed by atoms with E-state index in [0.717, 1.165) is 12.8 Å². The first-order valence-electron chi connectivity index (χ1n) is 4.96. The van der Waals surface area contributed by atoms with E-state index in [1.807, 2.05) is 12.2 Å². The van der Waals surface area contributed by atoms with Gasteiger partial charge >= 0.3 is 0 Å². The van der Waals surface area contributed by atoms with Crippen molar-refractivity contribution in [2.75, 3.05) is 0 Å². The lowest BCUT2D eigenvalue weighted by molar-refractivity contribution is 0.886. The zero-order valence-electron chi connectivity index (χ0n) is 9.40.